The van der Waals surface area contributed by atoms with Crippen LogP contribution < -0.4 is 4.74 Å². The molecule has 0 saturated carbocycles. The van der Waals surface area contributed by atoms with Crippen molar-refractivity contribution in [3.63, 3.8) is 0 Å². The molecule has 6 nitrogen and oxygen atoms in total. The third kappa shape index (κ3) is 6.87. The highest BCUT2D eigenvalue weighted by atomic mass is 32.2. The zero-order valence-electron chi connectivity index (χ0n) is 20.1. The number of benzene rings is 3. The molecule has 186 valence electrons. The molecule has 3 aromatic rings. The molecule has 0 bridgehead atoms. The van der Waals surface area contributed by atoms with Crippen molar-refractivity contribution in [3.05, 3.63) is 121 Å². The summed E-state index contributed by atoms with van der Waals surface area (Å²) in [5, 5.41) is 0. The highest BCUT2D eigenvalue weighted by Gasteiger charge is 2.26. The lowest BCUT2D eigenvalue weighted by molar-refractivity contribution is 0.0991. The number of para-hydroxylation sites is 1. The normalized spacial score (nSPS) is 14.0. The average Bonchev–Trinajstić information content (AvgIpc) is 3.34. The summed E-state index contributed by atoms with van der Waals surface area (Å²) >= 11 is 0. The van der Waals surface area contributed by atoms with Crippen LogP contribution in [0.25, 0.3) is 12.2 Å². The molecule has 1 atom stereocenters. The molecule has 0 fully saturated rings. The first-order valence-corrected chi connectivity index (χ1v) is 13.1. The number of hydrogen-bond acceptors (Lipinski definition) is 6. The minimum Gasteiger partial charge on any atom is -0.491 e. The highest BCUT2D eigenvalue weighted by molar-refractivity contribution is 7.86. The van der Waals surface area contributed by atoms with E-state index in [0.717, 1.165) is 17.7 Å². The molecular formula is C29H30N2O4S. The smallest absolute Gasteiger partial charge is 0.297 e. The van der Waals surface area contributed by atoms with E-state index in [-0.39, 0.29) is 11.5 Å². The van der Waals surface area contributed by atoms with Crippen LogP contribution in [0, 0.1) is 0 Å². The second-order valence-electron chi connectivity index (χ2n) is 8.47. The van der Waals surface area contributed by atoms with E-state index >= 15 is 0 Å². The van der Waals surface area contributed by atoms with Crippen molar-refractivity contribution in [2.45, 2.75) is 17.5 Å². The minimum absolute atomic E-state index is 0.0847. The van der Waals surface area contributed by atoms with Gasteiger partial charge in [-0.25, -0.2) is 0 Å². The van der Waals surface area contributed by atoms with Crippen molar-refractivity contribution in [1.82, 2.24) is 9.80 Å². The van der Waals surface area contributed by atoms with Crippen LogP contribution in [0.4, 0.5) is 0 Å². The molecule has 0 aromatic heterocycles. The lowest BCUT2D eigenvalue weighted by Gasteiger charge is -2.26. The molecule has 0 amide bonds. The molecule has 1 heterocycles. The zero-order chi connectivity index (χ0) is 25.4. The summed E-state index contributed by atoms with van der Waals surface area (Å²) in [6.45, 7) is 9.28. The minimum atomic E-state index is -3.99. The van der Waals surface area contributed by atoms with E-state index in [0.29, 0.717) is 19.0 Å². The summed E-state index contributed by atoms with van der Waals surface area (Å²) in [6.07, 6.45) is 6.71. The van der Waals surface area contributed by atoms with Crippen LogP contribution in [0.15, 0.2) is 109 Å². The van der Waals surface area contributed by atoms with E-state index < -0.39 is 16.2 Å². The average molecular weight is 503 g/mol. The predicted molar refractivity (Wildman–Crippen MR) is 143 cm³/mol. The van der Waals surface area contributed by atoms with Gasteiger partial charge in [-0.2, -0.15) is 8.42 Å². The third-order valence-electron chi connectivity index (χ3n) is 5.74. The van der Waals surface area contributed by atoms with Crippen LogP contribution in [-0.4, -0.2) is 44.1 Å². The Morgan fingerprint density at radius 2 is 1.44 bits per heavy atom. The van der Waals surface area contributed by atoms with Gasteiger partial charge in [0.2, 0.25) is 0 Å². The van der Waals surface area contributed by atoms with Crippen molar-refractivity contribution in [1.29, 1.82) is 0 Å². The molecule has 0 saturated heterocycles. The van der Waals surface area contributed by atoms with Gasteiger partial charge < -0.3 is 14.5 Å². The number of hydrogen-bond donors (Lipinski definition) is 0. The molecule has 7 heteroatoms. The SMILES string of the molecule is C=Cc1ccc(CN2C=CN(CC(COc3ccccc3)OS(=O)(=O)c3ccc(C=C)cc3)C2)cc1. The summed E-state index contributed by atoms with van der Waals surface area (Å²) in [5.74, 6) is 0.653. The first-order valence-electron chi connectivity index (χ1n) is 11.7. The molecule has 0 aliphatic carbocycles. The van der Waals surface area contributed by atoms with E-state index in [1.807, 2.05) is 65.8 Å². The first-order chi connectivity index (χ1) is 17.4. The van der Waals surface area contributed by atoms with Crippen LogP contribution in [0.2, 0.25) is 0 Å². The monoisotopic (exact) mass is 502 g/mol. The fourth-order valence-corrected chi connectivity index (χ4v) is 4.87. The van der Waals surface area contributed by atoms with E-state index in [9.17, 15) is 8.42 Å². The quantitative estimate of drug-likeness (QED) is 0.310. The molecular weight excluding hydrogens is 472 g/mol. The molecule has 36 heavy (non-hydrogen) atoms. The van der Waals surface area contributed by atoms with Gasteiger partial charge in [-0.1, -0.05) is 79.9 Å². The van der Waals surface area contributed by atoms with E-state index in [4.69, 9.17) is 8.92 Å². The topological polar surface area (TPSA) is 59.1 Å². The van der Waals surface area contributed by atoms with Crippen molar-refractivity contribution in [2.75, 3.05) is 19.8 Å². The number of rotatable bonds is 12. The summed E-state index contributed by atoms with van der Waals surface area (Å²) in [6, 6.07) is 24.0. The fourth-order valence-electron chi connectivity index (χ4n) is 3.81. The van der Waals surface area contributed by atoms with Crippen LogP contribution >= 0.6 is 0 Å². The maximum Gasteiger partial charge on any atom is 0.297 e. The second-order valence-corrected chi connectivity index (χ2v) is 10.0. The van der Waals surface area contributed by atoms with Crippen LogP contribution in [0.3, 0.4) is 0 Å². The Kier molecular flexibility index (Phi) is 8.25. The zero-order valence-corrected chi connectivity index (χ0v) is 20.9. The van der Waals surface area contributed by atoms with Gasteiger partial charge in [-0.15, -0.1) is 0 Å². The Balaban J connectivity index is 1.42. The van der Waals surface area contributed by atoms with Crippen molar-refractivity contribution >= 4 is 22.3 Å². The summed E-state index contributed by atoms with van der Waals surface area (Å²) in [5.41, 5.74) is 3.09. The maximum atomic E-state index is 13.0. The molecule has 1 aliphatic heterocycles. The number of nitrogens with zero attached hydrogens (tertiary/aromatic N) is 2. The Hall–Kier alpha value is -3.81. The van der Waals surface area contributed by atoms with Gasteiger partial charge in [0.1, 0.15) is 18.5 Å². The molecule has 0 radical (unpaired) electrons. The van der Waals surface area contributed by atoms with Gasteiger partial charge in [0.25, 0.3) is 10.1 Å². The van der Waals surface area contributed by atoms with Crippen LogP contribution in [0.1, 0.15) is 16.7 Å². The van der Waals surface area contributed by atoms with Crippen molar-refractivity contribution < 1.29 is 17.3 Å². The Labute approximate surface area is 213 Å². The molecule has 1 aliphatic rings. The fraction of sp³-hybridized carbons (Fsp3) is 0.172. The largest absolute Gasteiger partial charge is 0.491 e. The lowest BCUT2D eigenvalue weighted by Crippen LogP contribution is -2.37. The second kappa shape index (κ2) is 11.7. The van der Waals surface area contributed by atoms with Crippen molar-refractivity contribution in [2.24, 2.45) is 0 Å². The van der Waals surface area contributed by atoms with E-state index in [1.165, 1.54) is 17.7 Å². The van der Waals surface area contributed by atoms with Crippen molar-refractivity contribution in [3.8, 4) is 5.75 Å². The maximum absolute atomic E-state index is 13.0. The number of ether oxygens (including phenoxy) is 1. The molecule has 0 N–H and O–H groups in total. The van der Waals surface area contributed by atoms with Gasteiger partial charge in [-0.05, 0) is 41.0 Å². The summed E-state index contributed by atoms with van der Waals surface area (Å²) in [4.78, 5) is 4.27. The first kappa shape index (κ1) is 25.3. The molecule has 1 unspecified atom stereocenters. The summed E-state index contributed by atoms with van der Waals surface area (Å²) < 4.78 is 37.6. The Morgan fingerprint density at radius 3 is 2.08 bits per heavy atom. The summed E-state index contributed by atoms with van der Waals surface area (Å²) in [7, 11) is -3.99. The van der Waals surface area contributed by atoms with Gasteiger partial charge in [-0.3, -0.25) is 4.18 Å². The van der Waals surface area contributed by atoms with Crippen LogP contribution in [0.5, 0.6) is 5.75 Å². The Bertz CT molecular complexity index is 1290. The van der Waals surface area contributed by atoms with Gasteiger partial charge >= 0.3 is 0 Å². The van der Waals surface area contributed by atoms with Gasteiger partial charge in [0.15, 0.2) is 0 Å². The van der Waals surface area contributed by atoms with Crippen LogP contribution in [-0.2, 0) is 20.8 Å². The van der Waals surface area contributed by atoms with Gasteiger partial charge in [0, 0.05) is 18.9 Å². The molecule has 4 rings (SSSR count). The third-order valence-corrected chi connectivity index (χ3v) is 7.11. The lowest BCUT2D eigenvalue weighted by atomic mass is 10.1. The highest BCUT2D eigenvalue weighted by Crippen LogP contribution is 2.20. The predicted octanol–water partition coefficient (Wildman–Crippen LogP) is 5.37. The van der Waals surface area contributed by atoms with E-state index in [1.54, 1.807) is 18.2 Å². The van der Waals surface area contributed by atoms with Gasteiger partial charge in [0.05, 0.1) is 18.1 Å². The molecule has 0 spiro atoms. The molecule has 3 aromatic carbocycles. The van der Waals surface area contributed by atoms with E-state index in [2.05, 4.69) is 30.2 Å². The Morgan fingerprint density at radius 1 is 0.833 bits per heavy atom. The standard InChI is InChI=1S/C29H30N2O4S/c1-3-24-10-12-26(13-11-24)20-30-18-19-31(23-30)21-28(22-34-27-8-6-5-7-9-27)35-36(32,33)29-16-14-25(4-2)15-17-29/h3-19,28H,1-2,20-23H2.